The number of fused-ring (bicyclic) bond motifs is 3. The van der Waals surface area contributed by atoms with Crippen molar-refractivity contribution in [2.45, 2.75) is 13.1 Å². The molecule has 0 aliphatic carbocycles. The molecule has 0 saturated carbocycles. The van der Waals surface area contributed by atoms with Crippen LogP contribution in [0.3, 0.4) is 0 Å². The van der Waals surface area contributed by atoms with E-state index in [1.807, 2.05) is 13.0 Å². The van der Waals surface area contributed by atoms with Gasteiger partial charge in [-0.25, -0.2) is 4.98 Å². The first-order chi connectivity index (χ1) is 15.3. The first kappa shape index (κ1) is 19.9. The van der Waals surface area contributed by atoms with Gasteiger partial charge in [-0.05, 0) is 55.0 Å². The van der Waals surface area contributed by atoms with E-state index in [0.717, 1.165) is 23.3 Å². The standard InChI is InChI=1S/C24H15F3N4O/c1-14-9-16(12-28-11-14)19-6-7-20-22(30-19)23-15(13-29-20)5-8-21(32)31(23)18-4-2-3-17(10-18)24(25,26)27/h2-13H,1H3. The van der Waals surface area contributed by atoms with Crippen LogP contribution in [0.2, 0.25) is 0 Å². The monoisotopic (exact) mass is 432 g/mol. The average Bonchev–Trinajstić information content (AvgIpc) is 2.78. The van der Waals surface area contributed by atoms with Gasteiger partial charge in [0.1, 0.15) is 5.52 Å². The van der Waals surface area contributed by atoms with Crippen LogP contribution in [-0.2, 0) is 6.18 Å². The van der Waals surface area contributed by atoms with Crippen LogP contribution in [0.25, 0.3) is 38.9 Å². The van der Waals surface area contributed by atoms with Crippen LogP contribution in [0.1, 0.15) is 11.1 Å². The van der Waals surface area contributed by atoms with Crippen LogP contribution in [-0.4, -0.2) is 19.5 Å². The molecule has 32 heavy (non-hydrogen) atoms. The first-order valence-electron chi connectivity index (χ1n) is 9.72. The maximum atomic E-state index is 13.3. The molecule has 0 fully saturated rings. The number of benzene rings is 1. The quantitative estimate of drug-likeness (QED) is 0.354. The fourth-order valence-corrected chi connectivity index (χ4v) is 3.70. The van der Waals surface area contributed by atoms with Gasteiger partial charge < -0.3 is 0 Å². The van der Waals surface area contributed by atoms with E-state index in [-0.39, 0.29) is 5.69 Å². The molecule has 0 saturated heterocycles. The van der Waals surface area contributed by atoms with Crippen molar-refractivity contribution in [1.82, 2.24) is 19.5 Å². The molecule has 0 unspecified atom stereocenters. The Kier molecular flexibility index (Phi) is 4.51. The summed E-state index contributed by atoms with van der Waals surface area (Å²) in [6.07, 6.45) is 0.459. The average molecular weight is 432 g/mol. The molecule has 1 aromatic carbocycles. The van der Waals surface area contributed by atoms with Crippen molar-refractivity contribution in [2.24, 2.45) is 0 Å². The highest BCUT2D eigenvalue weighted by molar-refractivity contribution is 6.02. The Balaban J connectivity index is 1.85. The molecule has 0 spiro atoms. The summed E-state index contributed by atoms with van der Waals surface area (Å²) in [6.45, 7) is 1.92. The van der Waals surface area contributed by atoms with Gasteiger partial charge in [-0.3, -0.25) is 19.3 Å². The van der Waals surface area contributed by atoms with Crippen LogP contribution in [0, 0.1) is 6.92 Å². The second-order valence-corrected chi connectivity index (χ2v) is 7.43. The zero-order valence-corrected chi connectivity index (χ0v) is 16.8. The van der Waals surface area contributed by atoms with Gasteiger partial charge in [0.25, 0.3) is 5.56 Å². The number of aryl methyl sites for hydroxylation is 1. The number of rotatable bonds is 2. The minimum atomic E-state index is -4.53. The molecule has 158 valence electrons. The van der Waals surface area contributed by atoms with E-state index < -0.39 is 17.3 Å². The van der Waals surface area contributed by atoms with Gasteiger partial charge in [-0.15, -0.1) is 0 Å². The predicted octanol–water partition coefficient (Wildman–Crippen LogP) is 5.32. The normalized spacial score (nSPS) is 11.9. The van der Waals surface area contributed by atoms with E-state index in [4.69, 9.17) is 4.98 Å². The number of alkyl halides is 3. The Morgan fingerprint density at radius 2 is 1.78 bits per heavy atom. The molecule has 0 aliphatic heterocycles. The fourth-order valence-electron chi connectivity index (χ4n) is 3.70. The van der Waals surface area contributed by atoms with Crippen molar-refractivity contribution < 1.29 is 13.2 Å². The van der Waals surface area contributed by atoms with Crippen molar-refractivity contribution in [3.63, 3.8) is 0 Å². The van der Waals surface area contributed by atoms with Crippen LogP contribution in [0.15, 0.2) is 78.0 Å². The summed E-state index contributed by atoms with van der Waals surface area (Å²) >= 11 is 0. The van der Waals surface area contributed by atoms with Gasteiger partial charge in [0.2, 0.25) is 0 Å². The Hall–Kier alpha value is -4.07. The summed E-state index contributed by atoms with van der Waals surface area (Å²) < 4.78 is 41.2. The topological polar surface area (TPSA) is 60.7 Å². The molecule has 0 bridgehead atoms. The van der Waals surface area contributed by atoms with Crippen molar-refractivity contribution in [3.8, 4) is 16.9 Å². The number of aromatic nitrogens is 4. The molecule has 5 nitrogen and oxygen atoms in total. The van der Waals surface area contributed by atoms with Crippen LogP contribution in [0.4, 0.5) is 13.2 Å². The molecule has 0 amide bonds. The van der Waals surface area contributed by atoms with E-state index in [9.17, 15) is 18.0 Å². The summed E-state index contributed by atoms with van der Waals surface area (Å²) in [5.74, 6) is 0. The highest BCUT2D eigenvalue weighted by atomic mass is 19.4. The van der Waals surface area contributed by atoms with Gasteiger partial charge in [0, 0.05) is 41.3 Å². The van der Waals surface area contributed by atoms with E-state index in [2.05, 4.69) is 9.97 Å². The molecule has 5 rings (SSSR count). The molecule has 5 aromatic rings. The van der Waals surface area contributed by atoms with Crippen molar-refractivity contribution in [3.05, 3.63) is 94.7 Å². The van der Waals surface area contributed by atoms with Gasteiger partial charge in [0.15, 0.2) is 0 Å². The third-order valence-corrected chi connectivity index (χ3v) is 5.17. The van der Waals surface area contributed by atoms with E-state index in [1.54, 1.807) is 36.8 Å². The third kappa shape index (κ3) is 3.39. The van der Waals surface area contributed by atoms with Crippen LogP contribution >= 0.6 is 0 Å². The Morgan fingerprint density at radius 1 is 0.938 bits per heavy atom. The predicted molar refractivity (Wildman–Crippen MR) is 116 cm³/mol. The van der Waals surface area contributed by atoms with Crippen molar-refractivity contribution >= 4 is 21.9 Å². The highest BCUT2D eigenvalue weighted by Gasteiger charge is 2.30. The minimum absolute atomic E-state index is 0.104. The summed E-state index contributed by atoms with van der Waals surface area (Å²) in [5, 5.41) is 0.585. The Bertz CT molecular complexity index is 1560. The molecule has 0 N–H and O–H groups in total. The van der Waals surface area contributed by atoms with Crippen LogP contribution < -0.4 is 5.56 Å². The Labute approximate surface area is 179 Å². The summed E-state index contributed by atoms with van der Waals surface area (Å²) in [5.41, 5.74) is 2.50. The van der Waals surface area contributed by atoms with Gasteiger partial charge in [0.05, 0.1) is 22.3 Å². The highest BCUT2D eigenvalue weighted by Crippen LogP contribution is 2.31. The maximum absolute atomic E-state index is 13.3. The zero-order valence-electron chi connectivity index (χ0n) is 16.8. The molecular weight excluding hydrogens is 417 g/mol. The van der Waals surface area contributed by atoms with E-state index in [1.165, 1.54) is 22.8 Å². The number of pyridine rings is 4. The van der Waals surface area contributed by atoms with Gasteiger partial charge in [-0.2, -0.15) is 13.2 Å². The lowest BCUT2D eigenvalue weighted by atomic mass is 10.1. The molecular formula is C24H15F3N4O. The number of halogens is 3. The lowest BCUT2D eigenvalue weighted by Crippen LogP contribution is -2.18. The van der Waals surface area contributed by atoms with Gasteiger partial charge in [-0.1, -0.05) is 6.07 Å². The molecule has 0 atom stereocenters. The van der Waals surface area contributed by atoms with Crippen molar-refractivity contribution in [1.29, 1.82) is 0 Å². The number of hydrogen-bond acceptors (Lipinski definition) is 4. The molecule has 4 aromatic heterocycles. The van der Waals surface area contributed by atoms with E-state index >= 15 is 0 Å². The smallest absolute Gasteiger partial charge is 0.275 e. The lowest BCUT2D eigenvalue weighted by molar-refractivity contribution is -0.137. The first-order valence-corrected chi connectivity index (χ1v) is 9.72. The molecule has 4 heterocycles. The minimum Gasteiger partial charge on any atom is -0.275 e. The van der Waals surface area contributed by atoms with Gasteiger partial charge >= 0.3 is 6.18 Å². The molecule has 0 aliphatic rings. The fraction of sp³-hybridized carbons (Fsp3) is 0.0833. The third-order valence-electron chi connectivity index (χ3n) is 5.17. The molecule has 0 radical (unpaired) electrons. The number of nitrogens with zero attached hydrogens (tertiary/aromatic N) is 4. The van der Waals surface area contributed by atoms with Crippen LogP contribution in [0.5, 0.6) is 0 Å². The zero-order chi connectivity index (χ0) is 22.5. The Morgan fingerprint density at radius 3 is 2.56 bits per heavy atom. The SMILES string of the molecule is Cc1cncc(-c2ccc3ncc4ccc(=O)n(-c5cccc(C(F)(F)F)c5)c4c3n2)c1. The lowest BCUT2D eigenvalue weighted by Gasteiger charge is -2.14. The second-order valence-electron chi connectivity index (χ2n) is 7.43. The van der Waals surface area contributed by atoms with E-state index in [0.29, 0.717) is 27.6 Å². The largest absolute Gasteiger partial charge is 0.416 e. The summed E-state index contributed by atoms with van der Waals surface area (Å²) in [6, 6.07) is 13.1. The van der Waals surface area contributed by atoms with Crippen molar-refractivity contribution in [2.75, 3.05) is 0 Å². The summed E-state index contributed by atoms with van der Waals surface area (Å²) in [4.78, 5) is 26.2. The maximum Gasteiger partial charge on any atom is 0.416 e. The second kappa shape index (κ2) is 7.26. The number of hydrogen-bond donors (Lipinski definition) is 0. The summed E-state index contributed by atoms with van der Waals surface area (Å²) in [7, 11) is 0. The molecule has 8 heteroatoms.